The first-order valence-corrected chi connectivity index (χ1v) is 20.8. The molecule has 3 fully saturated rings. The maximum atomic E-state index is 14.3. The molecule has 1 amide bonds. The van der Waals surface area contributed by atoms with Crippen molar-refractivity contribution in [1.29, 1.82) is 0 Å². The van der Waals surface area contributed by atoms with Crippen LogP contribution in [0.25, 0.3) is 0 Å². The molecule has 0 aromatic rings. The number of aliphatic hydroxyl groups excluding tert-OH is 2. The van der Waals surface area contributed by atoms with Gasteiger partial charge in [0.25, 0.3) is 11.7 Å². The third kappa shape index (κ3) is 10.7. The number of aliphatic hydroxyl groups is 3. The van der Waals surface area contributed by atoms with E-state index in [1.165, 1.54) is 19.1 Å². The van der Waals surface area contributed by atoms with E-state index in [4.69, 9.17) is 23.7 Å². The molecule has 2 bridgehead atoms. The zero-order valence-corrected chi connectivity index (χ0v) is 35.1. The summed E-state index contributed by atoms with van der Waals surface area (Å²) in [5.41, 5.74) is 1.66. The van der Waals surface area contributed by atoms with Crippen LogP contribution >= 0.6 is 0 Å². The monoisotopic (exact) mass is 791 g/mol. The van der Waals surface area contributed by atoms with Gasteiger partial charge < -0.3 is 43.9 Å². The summed E-state index contributed by atoms with van der Waals surface area (Å²) in [4.78, 5) is 57.6. The molecule has 13 nitrogen and oxygen atoms in total. The van der Waals surface area contributed by atoms with Crippen LogP contribution in [0.3, 0.4) is 0 Å². The van der Waals surface area contributed by atoms with Gasteiger partial charge in [0.15, 0.2) is 0 Å². The summed E-state index contributed by atoms with van der Waals surface area (Å²) >= 11 is 0. The Morgan fingerprint density at radius 1 is 0.911 bits per heavy atom. The topological polar surface area (TPSA) is 178 Å². The zero-order valence-electron chi connectivity index (χ0n) is 35.1. The number of ketones is 2. The standard InChI is InChI=1S/C43H69NO12/c1-10-30-18-24(2)17-25(3)19-36(53-8)39-37(54-9)21-27(5)43(51,56-39)40(48)41(49)44-16-12-11-13-31(44)42(50)55-38(28(6)33(46)23-34(30)47)26(4)20-29-14-15-32(45)35(22-29)52-7/h18,20,25,27-33,35-39,45-46,51H,10-17,19,21-23H2,1-9H3/b24-18?,26-20-/t25-,27+,28+,29-,30+,31+,32-,33+,35+,36-,37-,38+,39+,43+/m0/s1. The van der Waals surface area contributed by atoms with Gasteiger partial charge in [-0.15, -0.1) is 0 Å². The van der Waals surface area contributed by atoms with E-state index in [2.05, 4.69) is 6.92 Å². The molecule has 4 rings (SSSR count). The number of rotatable bonds is 6. The molecule has 0 unspecified atom stereocenters. The van der Waals surface area contributed by atoms with Crippen molar-refractivity contribution in [3.8, 4) is 0 Å². The van der Waals surface area contributed by atoms with E-state index < -0.39 is 83.9 Å². The van der Waals surface area contributed by atoms with E-state index in [1.54, 1.807) is 21.0 Å². The van der Waals surface area contributed by atoms with Crippen LogP contribution in [0.1, 0.15) is 112 Å². The van der Waals surface area contributed by atoms with Crippen LogP contribution in [-0.4, -0.2) is 126 Å². The third-order valence-corrected chi connectivity index (χ3v) is 12.9. The molecule has 3 heterocycles. The van der Waals surface area contributed by atoms with Crippen molar-refractivity contribution in [2.75, 3.05) is 27.9 Å². The fourth-order valence-electron chi connectivity index (χ4n) is 9.39. The van der Waals surface area contributed by atoms with Gasteiger partial charge in [-0.1, -0.05) is 45.4 Å². The summed E-state index contributed by atoms with van der Waals surface area (Å²) in [5, 5.41) is 34.1. The van der Waals surface area contributed by atoms with E-state index in [-0.39, 0.29) is 49.5 Å². The van der Waals surface area contributed by atoms with Crippen LogP contribution < -0.4 is 0 Å². The fourth-order valence-corrected chi connectivity index (χ4v) is 9.39. The number of amides is 1. The molecule has 14 atom stereocenters. The quantitative estimate of drug-likeness (QED) is 0.196. The van der Waals surface area contributed by atoms with E-state index in [0.29, 0.717) is 56.9 Å². The minimum atomic E-state index is -2.50. The number of allylic oxidation sites excluding steroid dienone is 3. The second kappa shape index (κ2) is 20.4. The first-order chi connectivity index (χ1) is 26.5. The van der Waals surface area contributed by atoms with Crippen LogP contribution in [0.2, 0.25) is 0 Å². The smallest absolute Gasteiger partial charge is 0.329 e. The van der Waals surface area contributed by atoms with Gasteiger partial charge in [-0.05, 0) is 95.5 Å². The lowest BCUT2D eigenvalue weighted by Gasteiger charge is -2.47. The maximum Gasteiger partial charge on any atom is 0.329 e. The van der Waals surface area contributed by atoms with Crippen LogP contribution in [0, 0.1) is 29.6 Å². The van der Waals surface area contributed by atoms with E-state index >= 15 is 0 Å². The van der Waals surface area contributed by atoms with Crippen LogP contribution in [0.4, 0.5) is 0 Å². The van der Waals surface area contributed by atoms with Gasteiger partial charge in [0.2, 0.25) is 5.79 Å². The Morgan fingerprint density at radius 3 is 2.21 bits per heavy atom. The minimum Gasteiger partial charge on any atom is -0.456 e. The summed E-state index contributed by atoms with van der Waals surface area (Å²) in [6, 6.07) is -1.13. The van der Waals surface area contributed by atoms with Gasteiger partial charge in [0.1, 0.15) is 24.0 Å². The lowest BCUT2D eigenvalue weighted by molar-refractivity contribution is -0.302. The Labute approximate surface area is 333 Å². The molecule has 0 radical (unpaired) electrons. The molecule has 318 valence electrons. The van der Waals surface area contributed by atoms with Gasteiger partial charge in [0, 0.05) is 52.0 Å². The number of hydrogen-bond donors (Lipinski definition) is 3. The number of cyclic esters (lactones) is 1. The van der Waals surface area contributed by atoms with Gasteiger partial charge in [0.05, 0.1) is 30.5 Å². The van der Waals surface area contributed by atoms with E-state index in [9.17, 15) is 34.5 Å². The van der Waals surface area contributed by atoms with E-state index in [1.807, 2.05) is 32.9 Å². The summed E-state index contributed by atoms with van der Waals surface area (Å²) in [5.74, 6) is -7.50. The largest absolute Gasteiger partial charge is 0.456 e. The number of fused-ring (bicyclic) bond motifs is 3. The van der Waals surface area contributed by atoms with Gasteiger partial charge in [-0.2, -0.15) is 0 Å². The van der Waals surface area contributed by atoms with Gasteiger partial charge >= 0.3 is 5.97 Å². The lowest BCUT2D eigenvalue weighted by Crippen LogP contribution is -2.64. The average molecular weight is 792 g/mol. The van der Waals surface area contributed by atoms with Crippen molar-refractivity contribution in [2.24, 2.45) is 29.6 Å². The van der Waals surface area contributed by atoms with Gasteiger partial charge in [-0.25, -0.2) is 4.79 Å². The number of hydrogen-bond acceptors (Lipinski definition) is 12. The molecular weight excluding hydrogens is 722 g/mol. The second-order valence-electron chi connectivity index (χ2n) is 17.2. The molecule has 4 aliphatic rings. The van der Waals surface area contributed by atoms with Crippen molar-refractivity contribution in [3.05, 3.63) is 23.3 Å². The number of carbonyl (C=O) groups is 4. The molecule has 13 heteroatoms. The Morgan fingerprint density at radius 2 is 1.57 bits per heavy atom. The highest BCUT2D eigenvalue weighted by atomic mass is 16.7. The second-order valence-corrected chi connectivity index (χ2v) is 17.2. The number of piperidine rings is 1. The molecule has 0 aromatic carbocycles. The Hall–Kier alpha value is -2.52. The van der Waals surface area contributed by atoms with Crippen molar-refractivity contribution >= 4 is 23.4 Å². The third-order valence-electron chi connectivity index (χ3n) is 12.9. The minimum absolute atomic E-state index is 0.000914. The summed E-state index contributed by atoms with van der Waals surface area (Å²) in [6.07, 6.45) is 3.72. The Kier molecular flexibility index (Phi) is 16.9. The van der Waals surface area contributed by atoms with Crippen LogP contribution in [0.5, 0.6) is 0 Å². The molecule has 0 spiro atoms. The number of nitrogens with zero attached hydrogens (tertiary/aromatic N) is 1. The summed E-state index contributed by atoms with van der Waals surface area (Å²) in [6.45, 7) is 11.3. The number of Topliss-reactive ketones (excluding diaryl/α,β-unsaturated/α-hetero) is 2. The molecule has 0 aromatic heterocycles. The Balaban J connectivity index is 1.76. The van der Waals surface area contributed by atoms with Crippen LogP contribution in [0.15, 0.2) is 23.3 Å². The summed E-state index contributed by atoms with van der Waals surface area (Å²) in [7, 11) is 4.63. The lowest BCUT2D eigenvalue weighted by atomic mass is 9.81. The first kappa shape index (κ1) is 46.2. The molecule has 1 aliphatic carbocycles. The molecular formula is C43H69NO12. The van der Waals surface area contributed by atoms with E-state index in [0.717, 1.165) is 5.57 Å². The SMILES string of the molecule is CC[C@@H]1C=C(C)C[C@H](C)C[C@H](OC)[C@H]2O[C@@](O)(C(=O)C(=O)N3CCCC[C@@H]3C(=O)O[C@H](/C(C)=C\[C@@H]3CC[C@H](O)[C@H](OC)C3)[C@H](C)[C@H](O)CC1=O)[C@H](C)C[C@@H]2OC. The maximum absolute atomic E-state index is 14.3. The van der Waals surface area contributed by atoms with Crippen LogP contribution in [-0.2, 0) is 42.9 Å². The number of ether oxygens (including phenoxy) is 5. The van der Waals surface area contributed by atoms with Crippen molar-refractivity contribution < 1.29 is 58.2 Å². The Bertz CT molecular complexity index is 1430. The highest BCUT2D eigenvalue weighted by Crippen LogP contribution is 2.39. The fraction of sp³-hybridized carbons (Fsp3) is 0.814. The van der Waals surface area contributed by atoms with Gasteiger partial charge in [-0.3, -0.25) is 14.4 Å². The number of esters is 1. The highest BCUT2D eigenvalue weighted by molar-refractivity contribution is 6.39. The molecule has 1 saturated carbocycles. The zero-order chi connectivity index (χ0) is 41.5. The number of carbonyl (C=O) groups excluding carboxylic acids is 4. The molecule has 3 N–H and O–H groups in total. The van der Waals surface area contributed by atoms with Crippen molar-refractivity contribution in [1.82, 2.24) is 4.90 Å². The predicted octanol–water partition coefficient (Wildman–Crippen LogP) is 4.47. The van der Waals surface area contributed by atoms with Crippen molar-refractivity contribution in [2.45, 2.75) is 167 Å². The first-order valence-electron chi connectivity index (χ1n) is 20.8. The highest BCUT2D eigenvalue weighted by Gasteiger charge is 2.56. The van der Waals surface area contributed by atoms with Crippen molar-refractivity contribution in [3.63, 3.8) is 0 Å². The normalized spacial score (nSPS) is 40.6. The predicted molar refractivity (Wildman–Crippen MR) is 208 cm³/mol. The average Bonchev–Trinajstić information content (AvgIpc) is 3.18. The molecule has 56 heavy (non-hydrogen) atoms. The molecule has 2 saturated heterocycles. The number of methoxy groups -OCH3 is 3. The summed E-state index contributed by atoms with van der Waals surface area (Å²) < 4.78 is 29.7. The molecule has 3 aliphatic heterocycles.